The molecule has 0 bridgehead atoms. The predicted octanol–water partition coefficient (Wildman–Crippen LogP) is 2.08. The van der Waals surface area contributed by atoms with E-state index in [0.717, 1.165) is 10.7 Å². The molecule has 0 aromatic carbocycles. The molecular formula is C12H18N4O2S2. The summed E-state index contributed by atoms with van der Waals surface area (Å²) < 4.78 is 27.1. The minimum Gasteiger partial charge on any atom is -0.281 e. The SMILES string of the molecule is Cc1n[nH]c(C)c1S(=O)(=O)NCc1csc(C(C)C)n1. The molecule has 8 heteroatoms. The highest BCUT2D eigenvalue weighted by Crippen LogP contribution is 2.20. The Morgan fingerprint density at radius 2 is 2.10 bits per heavy atom. The molecule has 0 saturated carbocycles. The number of aryl methyl sites for hydroxylation is 2. The van der Waals surface area contributed by atoms with Crippen molar-refractivity contribution in [2.24, 2.45) is 0 Å². The Bertz CT molecular complexity index is 681. The van der Waals surface area contributed by atoms with Gasteiger partial charge in [-0.3, -0.25) is 5.10 Å². The average molecular weight is 314 g/mol. The van der Waals surface area contributed by atoms with Crippen LogP contribution in [0.5, 0.6) is 0 Å². The van der Waals surface area contributed by atoms with Crippen molar-refractivity contribution >= 4 is 21.4 Å². The average Bonchev–Trinajstić information content (AvgIpc) is 2.94. The quantitative estimate of drug-likeness (QED) is 0.884. The van der Waals surface area contributed by atoms with E-state index in [1.807, 2.05) is 5.38 Å². The summed E-state index contributed by atoms with van der Waals surface area (Å²) >= 11 is 1.55. The van der Waals surface area contributed by atoms with Crippen LogP contribution in [-0.2, 0) is 16.6 Å². The molecule has 0 amide bonds. The first-order chi connectivity index (χ1) is 9.31. The number of nitrogens with one attached hydrogen (secondary N) is 2. The lowest BCUT2D eigenvalue weighted by Crippen LogP contribution is -2.24. The van der Waals surface area contributed by atoms with Crippen molar-refractivity contribution in [1.82, 2.24) is 19.9 Å². The predicted molar refractivity (Wildman–Crippen MR) is 78.3 cm³/mol. The van der Waals surface area contributed by atoms with Crippen molar-refractivity contribution in [1.29, 1.82) is 0 Å². The fraction of sp³-hybridized carbons (Fsp3) is 0.500. The number of aromatic nitrogens is 3. The van der Waals surface area contributed by atoms with Gasteiger partial charge in [0.15, 0.2) is 0 Å². The summed E-state index contributed by atoms with van der Waals surface area (Å²) in [6, 6.07) is 0. The molecule has 0 spiro atoms. The zero-order valence-corrected chi connectivity index (χ0v) is 13.5. The number of hydrogen-bond acceptors (Lipinski definition) is 5. The Morgan fingerprint density at radius 3 is 2.60 bits per heavy atom. The Labute approximate surface area is 122 Å². The van der Waals surface area contributed by atoms with Crippen LogP contribution in [0.15, 0.2) is 10.3 Å². The molecule has 110 valence electrons. The van der Waals surface area contributed by atoms with Crippen LogP contribution >= 0.6 is 11.3 Å². The molecule has 0 atom stereocenters. The van der Waals surface area contributed by atoms with E-state index in [2.05, 4.69) is 33.8 Å². The summed E-state index contributed by atoms with van der Waals surface area (Å²) in [5.74, 6) is 0.351. The summed E-state index contributed by atoms with van der Waals surface area (Å²) in [5, 5.41) is 9.48. The Kier molecular flexibility index (Phi) is 4.26. The van der Waals surface area contributed by atoms with Crippen LogP contribution in [0.4, 0.5) is 0 Å². The molecule has 2 aromatic heterocycles. The van der Waals surface area contributed by atoms with Crippen molar-refractivity contribution < 1.29 is 8.42 Å². The van der Waals surface area contributed by atoms with E-state index in [0.29, 0.717) is 17.3 Å². The second-order valence-corrected chi connectivity index (χ2v) is 7.51. The van der Waals surface area contributed by atoms with Gasteiger partial charge in [0.25, 0.3) is 0 Å². The molecular weight excluding hydrogens is 296 g/mol. The molecule has 2 N–H and O–H groups in total. The van der Waals surface area contributed by atoms with E-state index in [1.165, 1.54) is 0 Å². The second kappa shape index (κ2) is 5.63. The lowest BCUT2D eigenvalue weighted by atomic mass is 10.2. The first-order valence-electron chi connectivity index (χ1n) is 6.26. The highest BCUT2D eigenvalue weighted by atomic mass is 32.2. The number of thiazole rings is 1. The van der Waals surface area contributed by atoms with Gasteiger partial charge in [-0.1, -0.05) is 13.8 Å². The van der Waals surface area contributed by atoms with Gasteiger partial charge >= 0.3 is 0 Å². The largest absolute Gasteiger partial charge is 0.281 e. The van der Waals surface area contributed by atoms with Crippen molar-refractivity contribution in [3.63, 3.8) is 0 Å². The first kappa shape index (κ1) is 15.1. The maximum absolute atomic E-state index is 12.3. The number of H-pyrrole nitrogens is 1. The standard InChI is InChI=1S/C12H18N4O2S2/c1-7(2)12-14-10(6-19-12)5-13-20(17,18)11-8(3)15-16-9(11)4/h6-7,13H,5H2,1-4H3,(H,15,16). The minimum atomic E-state index is -3.57. The normalized spacial score (nSPS) is 12.2. The van der Waals surface area contributed by atoms with Crippen molar-refractivity contribution in [2.75, 3.05) is 0 Å². The molecule has 0 fully saturated rings. The van der Waals surface area contributed by atoms with Crippen LogP contribution in [0.2, 0.25) is 0 Å². The van der Waals surface area contributed by atoms with Crippen LogP contribution < -0.4 is 4.72 Å². The number of aromatic amines is 1. The van der Waals surface area contributed by atoms with Crippen LogP contribution in [0, 0.1) is 13.8 Å². The van der Waals surface area contributed by atoms with E-state index in [4.69, 9.17) is 0 Å². The second-order valence-electron chi connectivity index (χ2n) is 4.92. The summed E-state index contributed by atoms with van der Waals surface area (Å²) in [6.45, 7) is 7.66. The molecule has 6 nitrogen and oxygen atoms in total. The van der Waals surface area contributed by atoms with E-state index in [-0.39, 0.29) is 11.4 Å². The summed E-state index contributed by atoms with van der Waals surface area (Å²) in [6.07, 6.45) is 0. The highest BCUT2D eigenvalue weighted by Gasteiger charge is 2.22. The van der Waals surface area contributed by atoms with Crippen LogP contribution in [0.3, 0.4) is 0 Å². The molecule has 0 aliphatic rings. The number of rotatable bonds is 5. The van der Waals surface area contributed by atoms with Gasteiger partial charge in [0.1, 0.15) is 4.90 Å². The van der Waals surface area contributed by atoms with Crippen molar-refractivity contribution in [3.8, 4) is 0 Å². The molecule has 2 heterocycles. The van der Waals surface area contributed by atoms with Crippen LogP contribution in [0.25, 0.3) is 0 Å². The maximum Gasteiger partial charge on any atom is 0.244 e. The Balaban J connectivity index is 2.13. The van der Waals surface area contributed by atoms with Gasteiger partial charge in [-0.25, -0.2) is 18.1 Å². The smallest absolute Gasteiger partial charge is 0.244 e. The molecule has 0 saturated heterocycles. The fourth-order valence-electron chi connectivity index (χ4n) is 1.85. The summed E-state index contributed by atoms with van der Waals surface area (Å²) in [5.41, 5.74) is 1.74. The summed E-state index contributed by atoms with van der Waals surface area (Å²) in [7, 11) is -3.57. The molecule has 0 aliphatic heterocycles. The third-order valence-corrected chi connectivity index (χ3v) is 5.69. The van der Waals surface area contributed by atoms with Gasteiger partial charge in [-0.15, -0.1) is 11.3 Å². The number of hydrogen-bond donors (Lipinski definition) is 2. The van der Waals surface area contributed by atoms with E-state index in [9.17, 15) is 8.42 Å². The van der Waals surface area contributed by atoms with Gasteiger partial charge in [0.2, 0.25) is 10.0 Å². The Morgan fingerprint density at radius 1 is 1.40 bits per heavy atom. The Hall–Kier alpha value is -1.25. The topological polar surface area (TPSA) is 87.7 Å². The zero-order chi connectivity index (χ0) is 14.9. The van der Waals surface area contributed by atoms with E-state index >= 15 is 0 Å². The fourth-order valence-corrected chi connectivity index (χ4v) is 4.05. The van der Waals surface area contributed by atoms with E-state index < -0.39 is 10.0 Å². The van der Waals surface area contributed by atoms with Gasteiger partial charge in [0.05, 0.1) is 28.6 Å². The van der Waals surface area contributed by atoms with Gasteiger partial charge in [0, 0.05) is 11.3 Å². The molecule has 0 aliphatic carbocycles. The number of nitrogens with zero attached hydrogens (tertiary/aromatic N) is 2. The monoisotopic (exact) mass is 314 g/mol. The zero-order valence-electron chi connectivity index (χ0n) is 11.9. The molecule has 0 unspecified atom stereocenters. The minimum absolute atomic E-state index is 0.190. The lowest BCUT2D eigenvalue weighted by Gasteiger charge is -2.05. The molecule has 0 radical (unpaired) electrons. The first-order valence-corrected chi connectivity index (χ1v) is 8.63. The van der Waals surface area contributed by atoms with Gasteiger partial charge < -0.3 is 0 Å². The summed E-state index contributed by atoms with van der Waals surface area (Å²) in [4.78, 5) is 4.63. The lowest BCUT2D eigenvalue weighted by molar-refractivity contribution is 0.579. The van der Waals surface area contributed by atoms with Gasteiger partial charge in [-0.2, -0.15) is 5.10 Å². The molecule has 20 heavy (non-hydrogen) atoms. The van der Waals surface area contributed by atoms with Crippen LogP contribution in [-0.4, -0.2) is 23.6 Å². The third-order valence-electron chi connectivity index (χ3n) is 2.84. The van der Waals surface area contributed by atoms with E-state index in [1.54, 1.807) is 25.2 Å². The third kappa shape index (κ3) is 3.08. The molecule has 2 rings (SSSR count). The van der Waals surface area contributed by atoms with Gasteiger partial charge in [-0.05, 0) is 13.8 Å². The van der Waals surface area contributed by atoms with Crippen LogP contribution in [0.1, 0.15) is 41.9 Å². The number of sulfonamides is 1. The molecule has 2 aromatic rings. The van der Waals surface area contributed by atoms with Crippen molar-refractivity contribution in [2.45, 2.75) is 45.1 Å². The highest BCUT2D eigenvalue weighted by molar-refractivity contribution is 7.89. The van der Waals surface area contributed by atoms with Crippen molar-refractivity contribution in [3.05, 3.63) is 27.5 Å². The maximum atomic E-state index is 12.3.